The first-order valence-electron chi connectivity index (χ1n) is 6.91. The average molecular weight is 260 g/mol. The lowest BCUT2D eigenvalue weighted by Gasteiger charge is -2.37. The molecule has 3 heteroatoms. The van der Waals surface area contributed by atoms with E-state index in [0.717, 1.165) is 12.8 Å². The maximum absolute atomic E-state index is 12.5. The van der Waals surface area contributed by atoms with Crippen LogP contribution in [0, 0.1) is 5.41 Å². The number of nitrogens with one attached hydrogen (secondary N) is 1. The van der Waals surface area contributed by atoms with Gasteiger partial charge in [0.15, 0.2) is 0 Å². The second kappa shape index (κ2) is 4.64. The van der Waals surface area contributed by atoms with Crippen LogP contribution in [0.4, 0.5) is 0 Å². The molecular weight excluding hydrogens is 236 g/mol. The Morgan fingerprint density at radius 2 is 1.89 bits per heavy atom. The highest BCUT2D eigenvalue weighted by atomic mass is 16.2. The van der Waals surface area contributed by atoms with Crippen LogP contribution < -0.4 is 11.1 Å². The first-order valence-corrected chi connectivity index (χ1v) is 6.91. The Bertz CT molecular complexity index is 486. The Morgan fingerprint density at radius 1 is 1.26 bits per heavy atom. The summed E-state index contributed by atoms with van der Waals surface area (Å²) in [7, 11) is 0. The summed E-state index contributed by atoms with van der Waals surface area (Å²) in [4.78, 5) is 12.5. The van der Waals surface area contributed by atoms with E-state index in [1.807, 2.05) is 33.8 Å². The van der Waals surface area contributed by atoms with E-state index in [1.165, 1.54) is 11.1 Å². The van der Waals surface area contributed by atoms with Crippen LogP contribution in [0.15, 0.2) is 24.3 Å². The minimum atomic E-state index is -0.593. The molecule has 0 aromatic heterocycles. The van der Waals surface area contributed by atoms with Crippen molar-refractivity contribution < 1.29 is 4.79 Å². The van der Waals surface area contributed by atoms with Gasteiger partial charge in [0.05, 0.1) is 11.5 Å². The maximum atomic E-state index is 12.5. The summed E-state index contributed by atoms with van der Waals surface area (Å²) in [6, 6.07) is 8.45. The summed E-state index contributed by atoms with van der Waals surface area (Å²) < 4.78 is 0. The Labute approximate surface area is 115 Å². The Balaban J connectivity index is 2.14. The molecule has 0 spiro atoms. The topological polar surface area (TPSA) is 55.1 Å². The quantitative estimate of drug-likeness (QED) is 0.877. The van der Waals surface area contributed by atoms with Crippen molar-refractivity contribution in [1.82, 2.24) is 5.32 Å². The molecule has 0 fully saturated rings. The van der Waals surface area contributed by atoms with Gasteiger partial charge in [-0.3, -0.25) is 4.79 Å². The van der Waals surface area contributed by atoms with Crippen molar-refractivity contribution in [3.8, 4) is 0 Å². The lowest BCUT2D eigenvalue weighted by atomic mass is 9.74. The summed E-state index contributed by atoms with van der Waals surface area (Å²) >= 11 is 0. The fraction of sp³-hybridized carbons (Fsp3) is 0.562. The van der Waals surface area contributed by atoms with Crippen LogP contribution in [-0.2, 0) is 11.2 Å². The first kappa shape index (κ1) is 14.1. The van der Waals surface area contributed by atoms with Crippen molar-refractivity contribution in [2.24, 2.45) is 11.1 Å². The van der Waals surface area contributed by atoms with Gasteiger partial charge in [0.2, 0.25) is 5.91 Å². The minimum absolute atomic E-state index is 0.0294. The summed E-state index contributed by atoms with van der Waals surface area (Å²) in [5, 5.41) is 3.16. The molecule has 3 N–H and O–H groups in total. The van der Waals surface area contributed by atoms with Crippen LogP contribution in [0.3, 0.4) is 0 Å². The summed E-state index contributed by atoms with van der Waals surface area (Å²) in [6.07, 6.45) is 2.01. The van der Waals surface area contributed by atoms with Gasteiger partial charge in [-0.05, 0) is 51.7 Å². The molecule has 104 valence electrons. The highest BCUT2D eigenvalue weighted by Gasteiger charge is 2.41. The smallest absolute Gasteiger partial charge is 0.227 e. The molecular formula is C16H24N2O. The molecule has 1 aliphatic rings. The van der Waals surface area contributed by atoms with Crippen LogP contribution in [0.5, 0.6) is 0 Å². The monoisotopic (exact) mass is 260 g/mol. The highest BCUT2D eigenvalue weighted by molar-refractivity contribution is 5.83. The van der Waals surface area contributed by atoms with Crippen LogP contribution in [0.25, 0.3) is 0 Å². The highest BCUT2D eigenvalue weighted by Crippen LogP contribution is 2.34. The van der Waals surface area contributed by atoms with Gasteiger partial charge in [-0.25, -0.2) is 0 Å². The lowest BCUT2D eigenvalue weighted by molar-refractivity contribution is -0.133. The maximum Gasteiger partial charge on any atom is 0.227 e. The Morgan fingerprint density at radius 3 is 2.53 bits per heavy atom. The number of aryl methyl sites for hydroxylation is 1. The molecule has 1 unspecified atom stereocenters. The molecule has 1 aromatic rings. The minimum Gasteiger partial charge on any atom is -0.349 e. The van der Waals surface area contributed by atoms with Gasteiger partial charge in [-0.2, -0.15) is 0 Å². The van der Waals surface area contributed by atoms with E-state index in [4.69, 9.17) is 5.73 Å². The number of amides is 1. The third kappa shape index (κ3) is 2.52. The second-order valence-corrected chi connectivity index (χ2v) is 6.61. The molecule has 3 nitrogen and oxygen atoms in total. The number of carbonyl (C=O) groups excluding carboxylic acids is 1. The molecule has 1 aromatic carbocycles. The van der Waals surface area contributed by atoms with E-state index in [9.17, 15) is 4.79 Å². The molecule has 0 radical (unpaired) electrons. The first-order chi connectivity index (χ1) is 8.73. The number of rotatable bonds is 3. The van der Waals surface area contributed by atoms with Gasteiger partial charge in [-0.15, -0.1) is 0 Å². The van der Waals surface area contributed by atoms with Gasteiger partial charge in [0.25, 0.3) is 0 Å². The van der Waals surface area contributed by atoms with Gasteiger partial charge >= 0.3 is 0 Å². The molecule has 2 rings (SSSR count). The van der Waals surface area contributed by atoms with Crippen LogP contribution in [0.2, 0.25) is 0 Å². The third-order valence-electron chi connectivity index (χ3n) is 4.62. The zero-order chi connectivity index (χ0) is 14.3. The molecule has 1 amide bonds. The Kier molecular flexibility index (Phi) is 3.43. The van der Waals surface area contributed by atoms with Crippen molar-refractivity contribution in [2.75, 3.05) is 0 Å². The van der Waals surface area contributed by atoms with Gasteiger partial charge < -0.3 is 11.1 Å². The van der Waals surface area contributed by atoms with Crippen molar-refractivity contribution in [1.29, 1.82) is 0 Å². The SMILES string of the molecule is CC(C)(N)C(C)(C)C(=O)NC1CCc2ccccc21. The molecule has 19 heavy (non-hydrogen) atoms. The van der Waals surface area contributed by atoms with Gasteiger partial charge in [0, 0.05) is 5.54 Å². The number of fused-ring (bicyclic) bond motifs is 1. The number of hydrogen-bond acceptors (Lipinski definition) is 2. The van der Waals surface area contributed by atoms with E-state index in [-0.39, 0.29) is 11.9 Å². The zero-order valence-electron chi connectivity index (χ0n) is 12.3. The van der Waals surface area contributed by atoms with Gasteiger partial charge in [0.1, 0.15) is 0 Å². The normalized spacial score (nSPS) is 19.1. The number of benzene rings is 1. The molecule has 1 atom stereocenters. The van der Waals surface area contributed by atoms with Crippen LogP contribution >= 0.6 is 0 Å². The number of hydrogen-bond donors (Lipinski definition) is 2. The molecule has 0 bridgehead atoms. The standard InChI is InChI=1S/C16H24N2O/c1-15(2,16(3,4)17)14(19)18-13-10-9-11-7-5-6-8-12(11)13/h5-8,13H,9-10,17H2,1-4H3,(H,18,19). The van der Waals surface area contributed by atoms with Gasteiger partial charge in [-0.1, -0.05) is 24.3 Å². The number of carbonyl (C=O) groups is 1. The van der Waals surface area contributed by atoms with Crippen molar-refractivity contribution in [3.63, 3.8) is 0 Å². The summed E-state index contributed by atoms with van der Waals surface area (Å²) in [5.41, 5.74) is 7.58. The largest absolute Gasteiger partial charge is 0.349 e. The average Bonchev–Trinajstić information content (AvgIpc) is 2.71. The zero-order valence-corrected chi connectivity index (χ0v) is 12.3. The van der Waals surface area contributed by atoms with Crippen molar-refractivity contribution >= 4 is 5.91 Å². The third-order valence-corrected chi connectivity index (χ3v) is 4.62. The molecule has 0 aliphatic heterocycles. The molecule has 1 aliphatic carbocycles. The molecule has 0 heterocycles. The van der Waals surface area contributed by atoms with E-state index in [0.29, 0.717) is 0 Å². The summed E-state index contributed by atoms with van der Waals surface area (Å²) in [6.45, 7) is 7.61. The Hall–Kier alpha value is -1.35. The van der Waals surface area contributed by atoms with Crippen LogP contribution in [0.1, 0.15) is 51.3 Å². The van der Waals surface area contributed by atoms with Crippen LogP contribution in [-0.4, -0.2) is 11.4 Å². The fourth-order valence-electron chi connectivity index (χ4n) is 2.34. The van der Waals surface area contributed by atoms with E-state index >= 15 is 0 Å². The lowest BCUT2D eigenvalue weighted by Crippen LogP contribution is -2.55. The molecule has 0 saturated heterocycles. The van der Waals surface area contributed by atoms with Crippen molar-refractivity contribution in [2.45, 2.75) is 52.1 Å². The van der Waals surface area contributed by atoms with Crippen molar-refractivity contribution in [3.05, 3.63) is 35.4 Å². The van der Waals surface area contributed by atoms with E-state index in [1.54, 1.807) is 0 Å². The van der Waals surface area contributed by atoms with E-state index < -0.39 is 11.0 Å². The fourth-order valence-corrected chi connectivity index (χ4v) is 2.34. The molecule has 0 saturated carbocycles. The number of nitrogens with two attached hydrogens (primary N) is 1. The summed E-state index contributed by atoms with van der Waals surface area (Å²) in [5.74, 6) is 0.0294. The second-order valence-electron chi connectivity index (χ2n) is 6.61. The predicted molar refractivity (Wildman–Crippen MR) is 77.7 cm³/mol. The van der Waals surface area contributed by atoms with E-state index in [2.05, 4.69) is 23.5 Å². The predicted octanol–water partition coefficient (Wildman–Crippen LogP) is 2.55.